The number of methoxy groups -OCH3 is 1. The van der Waals surface area contributed by atoms with Crippen molar-refractivity contribution in [2.24, 2.45) is 11.1 Å². The van der Waals surface area contributed by atoms with Crippen molar-refractivity contribution in [2.45, 2.75) is 19.3 Å². The molecule has 1 fully saturated rings. The summed E-state index contributed by atoms with van der Waals surface area (Å²) in [7, 11) is 1.68. The van der Waals surface area contributed by atoms with E-state index in [4.69, 9.17) is 19.9 Å². The van der Waals surface area contributed by atoms with Crippen LogP contribution in [0.25, 0.3) is 0 Å². The Hall–Kier alpha value is -1.42. The summed E-state index contributed by atoms with van der Waals surface area (Å²) in [6.45, 7) is 1.04. The van der Waals surface area contributed by atoms with E-state index in [-0.39, 0.29) is 0 Å². The number of ether oxygens (including phenoxy) is 3. The number of hydrogen-bond donors (Lipinski definition) is 1. The summed E-state index contributed by atoms with van der Waals surface area (Å²) in [4.78, 5) is 0. The van der Waals surface area contributed by atoms with Crippen molar-refractivity contribution in [3.63, 3.8) is 0 Å². The fourth-order valence-electron chi connectivity index (χ4n) is 2.33. The summed E-state index contributed by atoms with van der Waals surface area (Å²) in [6, 6.07) is 3.93. The van der Waals surface area contributed by atoms with E-state index in [1.807, 2.05) is 12.1 Å². The minimum Gasteiger partial charge on any atom is -0.496 e. The Morgan fingerprint density at radius 3 is 2.59 bits per heavy atom. The first-order chi connectivity index (χ1) is 8.26. The third-order valence-corrected chi connectivity index (χ3v) is 3.73. The number of hydrogen-bond acceptors (Lipinski definition) is 4. The third-order valence-electron chi connectivity index (χ3n) is 3.73. The molecular formula is C13H17NO3. The van der Waals surface area contributed by atoms with Gasteiger partial charge in [-0.05, 0) is 42.9 Å². The van der Waals surface area contributed by atoms with Gasteiger partial charge in [-0.3, -0.25) is 0 Å². The molecule has 0 radical (unpaired) electrons. The molecule has 0 saturated heterocycles. The van der Waals surface area contributed by atoms with Gasteiger partial charge in [0.05, 0.1) is 7.11 Å². The van der Waals surface area contributed by atoms with Crippen LogP contribution in [-0.2, 0) is 6.42 Å². The van der Waals surface area contributed by atoms with Crippen LogP contribution in [0.2, 0.25) is 0 Å². The standard InChI is InChI=1S/C13H17NO3/c1-15-10-5-12-11(16-8-17-12)4-9(10)6-13(7-14)2-3-13/h4-5H,2-3,6-8,14H2,1H3. The summed E-state index contributed by atoms with van der Waals surface area (Å²) in [6.07, 6.45) is 3.38. The van der Waals surface area contributed by atoms with Crippen LogP contribution < -0.4 is 19.9 Å². The first-order valence-corrected chi connectivity index (χ1v) is 5.93. The molecule has 1 aliphatic carbocycles. The van der Waals surface area contributed by atoms with E-state index in [0.29, 0.717) is 12.2 Å². The van der Waals surface area contributed by atoms with Crippen molar-refractivity contribution in [3.05, 3.63) is 17.7 Å². The molecule has 3 rings (SSSR count). The third kappa shape index (κ3) is 1.82. The molecule has 1 aliphatic heterocycles. The Morgan fingerprint density at radius 2 is 2.00 bits per heavy atom. The zero-order chi connectivity index (χ0) is 11.9. The van der Waals surface area contributed by atoms with Crippen molar-refractivity contribution >= 4 is 0 Å². The molecule has 0 aromatic heterocycles. The molecular weight excluding hydrogens is 218 g/mol. The van der Waals surface area contributed by atoms with Gasteiger partial charge in [0.2, 0.25) is 6.79 Å². The molecule has 0 amide bonds. The Labute approximate surface area is 101 Å². The minimum atomic E-state index is 0.293. The second kappa shape index (κ2) is 3.81. The van der Waals surface area contributed by atoms with Crippen molar-refractivity contribution in [2.75, 3.05) is 20.4 Å². The lowest BCUT2D eigenvalue weighted by Gasteiger charge is -2.15. The molecule has 1 saturated carbocycles. The van der Waals surface area contributed by atoms with Gasteiger partial charge in [0.25, 0.3) is 0 Å². The van der Waals surface area contributed by atoms with E-state index in [2.05, 4.69) is 0 Å². The molecule has 1 aromatic rings. The number of nitrogens with two attached hydrogens (primary N) is 1. The number of fused-ring (bicyclic) bond motifs is 1. The second-order valence-corrected chi connectivity index (χ2v) is 4.90. The topological polar surface area (TPSA) is 53.7 Å². The summed E-state index contributed by atoms with van der Waals surface area (Å²) in [5.41, 5.74) is 7.28. The molecule has 2 N–H and O–H groups in total. The van der Waals surface area contributed by atoms with Gasteiger partial charge in [0.15, 0.2) is 11.5 Å². The fraction of sp³-hybridized carbons (Fsp3) is 0.538. The number of rotatable bonds is 4. The van der Waals surface area contributed by atoms with Crippen molar-refractivity contribution in [1.29, 1.82) is 0 Å². The molecule has 2 aliphatic rings. The first kappa shape index (κ1) is 10.7. The van der Waals surface area contributed by atoms with Crippen LogP contribution in [0.1, 0.15) is 18.4 Å². The largest absolute Gasteiger partial charge is 0.496 e. The van der Waals surface area contributed by atoms with Gasteiger partial charge < -0.3 is 19.9 Å². The highest BCUT2D eigenvalue weighted by Crippen LogP contribution is 2.50. The van der Waals surface area contributed by atoms with Crippen molar-refractivity contribution in [3.8, 4) is 17.2 Å². The van der Waals surface area contributed by atoms with Crippen molar-refractivity contribution < 1.29 is 14.2 Å². The molecule has 4 nitrogen and oxygen atoms in total. The highest BCUT2D eigenvalue weighted by molar-refractivity contribution is 5.52. The quantitative estimate of drug-likeness (QED) is 0.863. The van der Waals surface area contributed by atoms with E-state index in [1.165, 1.54) is 18.4 Å². The smallest absolute Gasteiger partial charge is 0.231 e. The van der Waals surface area contributed by atoms with Crippen LogP contribution in [0.15, 0.2) is 12.1 Å². The lowest BCUT2D eigenvalue weighted by molar-refractivity contribution is 0.174. The molecule has 1 aromatic carbocycles. The Balaban J connectivity index is 1.92. The SMILES string of the molecule is COc1cc2c(cc1CC1(CN)CC1)OCO2. The van der Waals surface area contributed by atoms with Crippen LogP contribution in [0.4, 0.5) is 0 Å². The molecule has 17 heavy (non-hydrogen) atoms. The number of benzene rings is 1. The van der Waals surface area contributed by atoms with Gasteiger partial charge >= 0.3 is 0 Å². The summed E-state index contributed by atoms with van der Waals surface area (Å²) < 4.78 is 16.2. The maximum absolute atomic E-state index is 5.82. The Bertz CT molecular complexity index is 441. The highest BCUT2D eigenvalue weighted by atomic mass is 16.7. The molecule has 1 heterocycles. The molecule has 0 unspecified atom stereocenters. The maximum Gasteiger partial charge on any atom is 0.231 e. The zero-order valence-corrected chi connectivity index (χ0v) is 9.99. The molecule has 0 atom stereocenters. The van der Waals surface area contributed by atoms with Crippen LogP contribution >= 0.6 is 0 Å². The van der Waals surface area contributed by atoms with Gasteiger partial charge in [-0.15, -0.1) is 0 Å². The lowest BCUT2D eigenvalue weighted by Crippen LogP contribution is -2.18. The first-order valence-electron chi connectivity index (χ1n) is 5.93. The summed E-state index contributed by atoms with van der Waals surface area (Å²) in [5.74, 6) is 2.45. The van der Waals surface area contributed by atoms with Crippen LogP contribution in [0.5, 0.6) is 17.2 Å². The van der Waals surface area contributed by atoms with E-state index in [0.717, 1.165) is 30.2 Å². The minimum absolute atomic E-state index is 0.293. The average Bonchev–Trinajstić information content (AvgIpc) is 2.98. The fourth-order valence-corrected chi connectivity index (χ4v) is 2.33. The molecule has 92 valence electrons. The van der Waals surface area contributed by atoms with Gasteiger partial charge in [-0.25, -0.2) is 0 Å². The Morgan fingerprint density at radius 1 is 1.29 bits per heavy atom. The second-order valence-electron chi connectivity index (χ2n) is 4.90. The van der Waals surface area contributed by atoms with Gasteiger partial charge in [-0.1, -0.05) is 0 Å². The monoisotopic (exact) mass is 235 g/mol. The van der Waals surface area contributed by atoms with E-state index >= 15 is 0 Å². The highest BCUT2D eigenvalue weighted by Gasteiger charge is 2.41. The maximum atomic E-state index is 5.82. The lowest BCUT2D eigenvalue weighted by atomic mass is 9.95. The summed E-state index contributed by atoms with van der Waals surface area (Å²) in [5, 5.41) is 0. The molecule has 0 spiro atoms. The predicted molar refractivity (Wildman–Crippen MR) is 63.5 cm³/mol. The van der Waals surface area contributed by atoms with Gasteiger partial charge in [0, 0.05) is 6.07 Å². The van der Waals surface area contributed by atoms with Crippen molar-refractivity contribution in [1.82, 2.24) is 0 Å². The Kier molecular flexibility index (Phi) is 2.40. The normalized spacial score (nSPS) is 19.2. The predicted octanol–water partition coefficient (Wildman–Crippen LogP) is 1.71. The van der Waals surface area contributed by atoms with E-state index in [1.54, 1.807) is 7.11 Å². The van der Waals surface area contributed by atoms with Crippen LogP contribution in [-0.4, -0.2) is 20.4 Å². The van der Waals surface area contributed by atoms with Gasteiger partial charge in [-0.2, -0.15) is 0 Å². The molecule has 4 heteroatoms. The summed E-state index contributed by atoms with van der Waals surface area (Å²) >= 11 is 0. The van der Waals surface area contributed by atoms with Crippen LogP contribution in [0.3, 0.4) is 0 Å². The molecule has 0 bridgehead atoms. The van der Waals surface area contributed by atoms with E-state index < -0.39 is 0 Å². The zero-order valence-electron chi connectivity index (χ0n) is 9.99. The van der Waals surface area contributed by atoms with Crippen LogP contribution in [0, 0.1) is 5.41 Å². The average molecular weight is 235 g/mol. The van der Waals surface area contributed by atoms with E-state index in [9.17, 15) is 0 Å². The van der Waals surface area contributed by atoms with Gasteiger partial charge in [0.1, 0.15) is 5.75 Å².